The molecule has 5 nitrogen and oxygen atoms in total. The molecule has 0 atom stereocenters. The third kappa shape index (κ3) is 4.46. The average molecular weight is 404 g/mol. The molecule has 0 aliphatic heterocycles. The van der Waals surface area contributed by atoms with Crippen LogP contribution in [0, 0.1) is 6.92 Å². The van der Waals surface area contributed by atoms with Gasteiger partial charge < -0.3 is 15.0 Å². The molecule has 132 valence electrons. The first-order valence-electron chi connectivity index (χ1n) is 8.09. The second-order valence-corrected chi connectivity index (χ2v) is 5.80. The third-order valence-electron chi connectivity index (χ3n) is 3.95. The molecule has 25 heavy (non-hydrogen) atoms. The molecule has 3 aromatic rings. The zero-order chi connectivity index (χ0) is 16.9. The maximum atomic E-state index is 12.6. The van der Waals surface area contributed by atoms with E-state index in [1.165, 1.54) is 0 Å². The lowest BCUT2D eigenvalue weighted by atomic mass is 10.1. The molecule has 6 heteroatoms. The summed E-state index contributed by atoms with van der Waals surface area (Å²) in [6, 6.07) is 15.4. The molecule has 0 unspecified atom stereocenters. The fraction of sp³-hybridized carbons (Fsp3) is 0.263. The first-order chi connectivity index (χ1) is 11.7. The van der Waals surface area contributed by atoms with Crippen molar-refractivity contribution in [3.8, 4) is 0 Å². The summed E-state index contributed by atoms with van der Waals surface area (Å²) in [7, 11) is 0. The van der Waals surface area contributed by atoms with Crippen molar-refractivity contribution in [3.63, 3.8) is 0 Å². The van der Waals surface area contributed by atoms with Gasteiger partial charge in [0.25, 0.3) is 0 Å². The Bertz CT molecular complexity index is 844. The summed E-state index contributed by atoms with van der Waals surface area (Å²) in [4.78, 5) is 17.2. The van der Waals surface area contributed by atoms with Gasteiger partial charge in [0.2, 0.25) is 5.95 Å². The third-order valence-corrected chi connectivity index (χ3v) is 3.95. The van der Waals surface area contributed by atoms with E-state index in [9.17, 15) is 4.79 Å². The Balaban J connectivity index is 0.00000225. The molecular formula is C19H22BrN3O2. The number of fused-ring (bicyclic) bond motifs is 1. The standard InChI is InChI=1S/C19H21N3O2.BrH/c1-14-7-9-15(10-8-14)18(24)13-22-17-6-3-2-5-16(17)21-19(22)20-11-4-12-23;/h2-3,5-10,23H,4,11-13H2,1H3,(H,20,21);1H. The minimum absolute atomic E-state index is 0. The van der Waals surface area contributed by atoms with Crippen LogP contribution in [-0.2, 0) is 6.54 Å². The number of hydrogen-bond donors (Lipinski definition) is 2. The molecule has 2 N–H and O–H groups in total. The SMILES string of the molecule is Br.Cc1ccc(C(=O)Cn2c(NCCCO)nc3ccccc32)cc1. The number of carbonyl (C=O) groups is 1. The second-order valence-electron chi connectivity index (χ2n) is 5.80. The number of aromatic nitrogens is 2. The van der Waals surface area contributed by atoms with Crippen LogP contribution in [0.15, 0.2) is 48.5 Å². The van der Waals surface area contributed by atoms with Crippen molar-refractivity contribution >= 4 is 39.7 Å². The van der Waals surface area contributed by atoms with Crippen LogP contribution in [0.3, 0.4) is 0 Å². The molecule has 1 heterocycles. The minimum Gasteiger partial charge on any atom is -0.396 e. The van der Waals surface area contributed by atoms with Crippen LogP contribution in [0.2, 0.25) is 0 Å². The predicted octanol–water partition coefficient (Wildman–Crippen LogP) is 3.60. The van der Waals surface area contributed by atoms with Crippen molar-refractivity contribution in [1.82, 2.24) is 9.55 Å². The Labute approximate surface area is 157 Å². The van der Waals surface area contributed by atoms with Gasteiger partial charge >= 0.3 is 0 Å². The first kappa shape index (κ1) is 19.1. The van der Waals surface area contributed by atoms with E-state index < -0.39 is 0 Å². The van der Waals surface area contributed by atoms with E-state index >= 15 is 0 Å². The fourth-order valence-corrected chi connectivity index (χ4v) is 2.62. The van der Waals surface area contributed by atoms with Crippen LogP contribution >= 0.6 is 17.0 Å². The molecule has 2 aromatic carbocycles. The van der Waals surface area contributed by atoms with E-state index in [1.54, 1.807) is 0 Å². The molecule has 0 bridgehead atoms. The number of carbonyl (C=O) groups excluding carboxylic acids is 1. The van der Waals surface area contributed by atoms with Gasteiger partial charge in [-0.3, -0.25) is 4.79 Å². The number of rotatable bonds is 7. The van der Waals surface area contributed by atoms with Gasteiger partial charge in [-0.2, -0.15) is 0 Å². The van der Waals surface area contributed by atoms with Gasteiger partial charge in [-0.25, -0.2) is 4.98 Å². The van der Waals surface area contributed by atoms with E-state index in [-0.39, 0.29) is 35.9 Å². The lowest BCUT2D eigenvalue weighted by Gasteiger charge is -2.10. The molecule has 0 saturated carbocycles. The Morgan fingerprint density at radius 2 is 1.88 bits per heavy atom. The van der Waals surface area contributed by atoms with Gasteiger partial charge in [-0.1, -0.05) is 42.0 Å². The number of halogens is 1. The highest BCUT2D eigenvalue weighted by Gasteiger charge is 2.14. The number of ketones is 1. The number of nitrogens with zero attached hydrogens (tertiary/aromatic N) is 2. The van der Waals surface area contributed by atoms with Crippen molar-refractivity contribution in [1.29, 1.82) is 0 Å². The smallest absolute Gasteiger partial charge is 0.204 e. The molecule has 0 fully saturated rings. The van der Waals surface area contributed by atoms with E-state index in [1.807, 2.05) is 60.0 Å². The summed E-state index contributed by atoms with van der Waals surface area (Å²) in [5.41, 5.74) is 3.59. The van der Waals surface area contributed by atoms with Crippen LogP contribution in [-0.4, -0.2) is 33.6 Å². The highest BCUT2D eigenvalue weighted by molar-refractivity contribution is 8.93. The lowest BCUT2D eigenvalue weighted by molar-refractivity contribution is 0.0974. The normalized spacial score (nSPS) is 10.5. The zero-order valence-electron chi connectivity index (χ0n) is 14.1. The van der Waals surface area contributed by atoms with E-state index in [4.69, 9.17) is 5.11 Å². The Hall–Kier alpha value is -2.18. The Morgan fingerprint density at radius 3 is 2.60 bits per heavy atom. The topological polar surface area (TPSA) is 67.2 Å². The molecule has 0 spiro atoms. The van der Waals surface area contributed by atoms with E-state index in [2.05, 4.69) is 10.3 Å². The molecule has 0 radical (unpaired) electrons. The van der Waals surface area contributed by atoms with Gasteiger partial charge in [0.1, 0.15) is 0 Å². The van der Waals surface area contributed by atoms with Crippen LogP contribution in [0.25, 0.3) is 11.0 Å². The van der Waals surface area contributed by atoms with Gasteiger partial charge in [-0.05, 0) is 25.5 Å². The quantitative estimate of drug-likeness (QED) is 0.467. The van der Waals surface area contributed by atoms with Crippen LogP contribution in [0.1, 0.15) is 22.3 Å². The van der Waals surface area contributed by atoms with Crippen LogP contribution < -0.4 is 5.32 Å². The number of aliphatic hydroxyl groups is 1. The summed E-state index contributed by atoms with van der Waals surface area (Å²) in [6.07, 6.45) is 0.634. The maximum absolute atomic E-state index is 12.6. The number of aliphatic hydroxyl groups excluding tert-OH is 1. The molecule has 0 amide bonds. The number of nitrogens with one attached hydrogen (secondary N) is 1. The number of anilines is 1. The molecule has 0 aliphatic carbocycles. The number of aryl methyl sites for hydroxylation is 1. The largest absolute Gasteiger partial charge is 0.396 e. The molecule has 1 aromatic heterocycles. The summed E-state index contributed by atoms with van der Waals surface area (Å²) in [6.45, 7) is 2.96. The lowest BCUT2D eigenvalue weighted by Crippen LogP contribution is -2.15. The fourth-order valence-electron chi connectivity index (χ4n) is 2.62. The van der Waals surface area contributed by atoms with Gasteiger partial charge in [0.15, 0.2) is 5.78 Å². The van der Waals surface area contributed by atoms with Crippen molar-refractivity contribution in [2.45, 2.75) is 19.9 Å². The molecule has 0 aliphatic rings. The Morgan fingerprint density at radius 1 is 1.16 bits per heavy atom. The summed E-state index contributed by atoms with van der Waals surface area (Å²) >= 11 is 0. The Kier molecular flexibility index (Phi) is 6.73. The number of benzene rings is 2. The monoisotopic (exact) mass is 403 g/mol. The summed E-state index contributed by atoms with van der Waals surface area (Å²) in [5, 5.41) is 12.2. The van der Waals surface area contributed by atoms with Crippen molar-refractivity contribution in [2.75, 3.05) is 18.5 Å². The first-order valence-corrected chi connectivity index (χ1v) is 8.09. The van der Waals surface area contributed by atoms with E-state index in [0.29, 0.717) is 24.5 Å². The predicted molar refractivity (Wildman–Crippen MR) is 106 cm³/mol. The highest BCUT2D eigenvalue weighted by Crippen LogP contribution is 2.20. The second kappa shape index (κ2) is 8.78. The number of para-hydroxylation sites is 2. The van der Waals surface area contributed by atoms with Crippen LogP contribution in [0.5, 0.6) is 0 Å². The number of Topliss-reactive ketones (excluding diaryl/α,β-unsaturated/α-hetero) is 1. The average Bonchev–Trinajstić information content (AvgIpc) is 2.93. The molecule has 3 rings (SSSR count). The van der Waals surface area contributed by atoms with Gasteiger partial charge in [0, 0.05) is 18.7 Å². The van der Waals surface area contributed by atoms with Crippen molar-refractivity contribution in [2.24, 2.45) is 0 Å². The molecular weight excluding hydrogens is 382 g/mol. The number of hydrogen-bond acceptors (Lipinski definition) is 4. The maximum Gasteiger partial charge on any atom is 0.204 e. The van der Waals surface area contributed by atoms with Gasteiger partial charge in [0.05, 0.1) is 17.6 Å². The zero-order valence-corrected chi connectivity index (χ0v) is 15.8. The van der Waals surface area contributed by atoms with Gasteiger partial charge in [-0.15, -0.1) is 17.0 Å². The van der Waals surface area contributed by atoms with Crippen molar-refractivity contribution in [3.05, 3.63) is 59.7 Å². The minimum atomic E-state index is 0. The van der Waals surface area contributed by atoms with Crippen LogP contribution in [0.4, 0.5) is 5.95 Å². The summed E-state index contributed by atoms with van der Waals surface area (Å²) < 4.78 is 1.90. The van der Waals surface area contributed by atoms with E-state index in [0.717, 1.165) is 16.6 Å². The van der Waals surface area contributed by atoms with Crippen molar-refractivity contribution < 1.29 is 9.90 Å². The number of imidazole rings is 1. The highest BCUT2D eigenvalue weighted by atomic mass is 79.9. The summed E-state index contributed by atoms with van der Waals surface area (Å²) in [5.74, 6) is 0.702. The molecule has 0 saturated heterocycles.